The second-order valence-corrected chi connectivity index (χ2v) is 6.14. The molecule has 2 aromatic rings. The van der Waals surface area contributed by atoms with E-state index >= 15 is 0 Å². The third-order valence-electron chi connectivity index (χ3n) is 4.54. The van der Waals surface area contributed by atoms with Crippen molar-refractivity contribution in [3.8, 4) is 0 Å². The Kier molecular flexibility index (Phi) is 4.72. The van der Waals surface area contributed by atoms with Crippen molar-refractivity contribution in [2.45, 2.75) is 25.4 Å². The molecule has 120 valence electrons. The predicted molar refractivity (Wildman–Crippen MR) is 91.0 cm³/mol. The van der Waals surface area contributed by atoms with Crippen LogP contribution >= 0.6 is 0 Å². The van der Waals surface area contributed by atoms with Crippen LogP contribution in [0.4, 0.5) is 0 Å². The van der Waals surface area contributed by atoms with E-state index in [1.807, 2.05) is 30.5 Å². The molecule has 1 aliphatic heterocycles. The number of β-amino-alcohol motifs (C(OH)–C–C–N with tert-alkyl or cyclic N) is 1. The van der Waals surface area contributed by atoms with Crippen LogP contribution in [0, 0.1) is 5.92 Å². The van der Waals surface area contributed by atoms with E-state index in [0.29, 0.717) is 25.9 Å². The molecule has 3 rings (SSSR count). The fraction of sp³-hybridized carbons (Fsp3) is 0.368. The van der Waals surface area contributed by atoms with Crippen LogP contribution in [-0.2, 0) is 11.2 Å². The lowest BCUT2D eigenvalue weighted by Crippen LogP contribution is -2.29. The quantitative estimate of drug-likeness (QED) is 0.864. The highest BCUT2D eigenvalue weighted by atomic mass is 16.3. The number of allylic oxidation sites excluding steroid dienone is 1. The second-order valence-electron chi connectivity index (χ2n) is 6.14. The standard InChI is InChI=1S/C19H22N2O2/c1-2-3-8-19(23)21-12-15(18(22)13-21)11-14-9-10-20-17-7-5-4-6-16(14)17/h2,4-7,9-10,15,18,22H,1,3,8,11-13H2/t15-,18-/m1/s1. The number of nitrogens with zero attached hydrogens (tertiary/aromatic N) is 2. The number of benzene rings is 1. The normalized spacial score (nSPS) is 20.8. The van der Waals surface area contributed by atoms with Crippen molar-refractivity contribution in [3.63, 3.8) is 0 Å². The van der Waals surface area contributed by atoms with E-state index in [2.05, 4.69) is 17.6 Å². The first-order chi connectivity index (χ1) is 11.2. The number of hydrogen-bond acceptors (Lipinski definition) is 3. The van der Waals surface area contributed by atoms with Gasteiger partial charge in [-0.2, -0.15) is 0 Å². The van der Waals surface area contributed by atoms with Gasteiger partial charge < -0.3 is 10.0 Å². The molecule has 1 aromatic heterocycles. The summed E-state index contributed by atoms with van der Waals surface area (Å²) in [6.45, 7) is 4.70. The molecule has 1 aliphatic rings. The Morgan fingerprint density at radius 2 is 2.17 bits per heavy atom. The van der Waals surface area contributed by atoms with Crippen LogP contribution in [0.5, 0.6) is 0 Å². The first kappa shape index (κ1) is 15.7. The Morgan fingerprint density at radius 1 is 1.35 bits per heavy atom. The minimum atomic E-state index is -0.463. The van der Waals surface area contributed by atoms with Crippen LogP contribution in [-0.4, -0.2) is 40.1 Å². The van der Waals surface area contributed by atoms with Gasteiger partial charge in [-0.15, -0.1) is 6.58 Å². The summed E-state index contributed by atoms with van der Waals surface area (Å²) in [6, 6.07) is 10.0. The van der Waals surface area contributed by atoms with Crippen molar-refractivity contribution in [1.29, 1.82) is 0 Å². The molecule has 1 saturated heterocycles. The molecule has 0 spiro atoms. The molecule has 0 saturated carbocycles. The Balaban J connectivity index is 1.72. The summed E-state index contributed by atoms with van der Waals surface area (Å²) in [4.78, 5) is 18.3. The second kappa shape index (κ2) is 6.92. The number of likely N-dealkylation sites (tertiary alicyclic amines) is 1. The monoisotopic (exact) mass is 310 g/mol. The molecule has 1 N–H and O–H groups in total. The molecule has 4 heteroatoms. The highest BCUT2D eigenvalue weighted by Crippen LogP contribution is 2.25. The highest BCUT2D eigenvalue weighted by molar-refractivity contribution is 5.82. The van der Waals surface area contributed by atoms with Gasteiger partial charge in [-0.3, -0.25) is 9.78 Å². The Morgan fingerprint density at radius 3 is 3.00 bits per heavy atom. The Bertz CT molecular complexity index is 708. The van der Waals surface area contributed by atoms with Gasteiger partial charge in [0.25, 0.3) is 0 Å². The summed E-state index contributed by atoms with van der Waals surface area (Å²) >= 11 is 0. The smallest absolute Gasteiger partial charge is 0.222 e. The van der Waals surface area contributed by atoms with Crippen LogP contribution < -0.4 is 0 Å². The Labute approximate surface area is 136 Å². The van der Waals surface area contributed by atoms with Gasteiger partial charge in [0, 0.05) is 37.0 Å². The van der Waals surface area contributed by atoms with Crippen LogP contribution in [0.1, 0.15) is 18.4 Å². The number of aromatic nitrogens is 1. The van der Waals surface area contributed by atoms with Crippen molar-refractivity contribution in [2.24, 2.45) is 5.92 Å². The Hall–Kier alpha value is -2.20. The van der Waals surface area contributed by atoms with Gasteiger partial charge in [0.15, 0.2) is 0 Å². The summed E-state index contributed by atoms with van der Waals surface area (Å²) in [5, 5.41) is 11.5. The molecule has 1 aromatic carbocycles. The van der Waals surface area contributed by atoms with Crippen LogP contribution in [0.2, 0.25) is 0 Å². The number of pyridine rings is 1. The maximum atomic E-state index is 12.1. The van der Waals surface area contributed by atoms with Crippen molar-refractivity contribution < 1.29 is 9.90 Å². The number of para-hydroxylation sites is 1. The van der Waals surface area contributed by atoms with Gasteiger partial charge in [0.2, 0.25) is 5.91 Å². The molecule has 1 amide bonds. The van der Waals surface area contributed by atoms with Crippen molar-refractivity contribution in [2.75, 3.05) is 13.1 Å². The predicted octanol–water partition coefficient (Wildman–Crippen LogP) is 2.56. The number of hydrogen-bond donors (Lipinski definition) is 1. The first-order valence-corrected chi connectivity index (χ1v) is 8.08. The molecular weight excluding hydrogens is 288 g/mol. The fourth-order valence-corrected chi connectivity index (χ4v) is 3.26. The molecule has 0 unspecified atom stereocenters. The first-order valence-electron chi connectivity index (χ1n) is 8.08. The lowest BCUT2D eigenvalue weighted by atomic mass is 9.94. The van der Waals surface area contributed by atoms with E-state index in [0.717, 1.165) is 17.3 Å². The largest absolute Gasteiger partial charge is 0.391 e. The van der Waals surface area contributed by atoms with E-state index in [9.17, 15) is 9.90 Å². The summed E-state index contributed by atoms with van der Waals surface area (Å²) < 4.78 is 0. The van der Waals surface area contributed by atoms with Crippen molar-refractivity contribution in [1.82, 2.24) is 9.88 Å². The van der Waals surface area contributed by atoms with E-state index < -0.39 is 6.10 Å². The topological polar surface area (TPSA) is 53.4 Å². The van der Waals surface area contributed by atoms with Gasteiger partial charge in [0.05, 0.1) is 11.6 Å². The van der Waals surface area contributed by atoms with Crippen LogP contribution in [0.3, 0.4) is 0 Å². The molecule has 0 aliphatic carbocycles. The summed E-state index contributed by atoms with van der Waals surface area (Å²) in [5.41, 5.74) is 2.15. The lowest BCUT2D eigenvalue weighted by molar-refractivity contribution is -0.130. The van der Waals surface area contributed by atoms with Gasteiger partial charge in [-0.05, 0) is 30.5 Å². The maximum absolute atomic E-state index is 12.1. The lowest BCUT2D eigenvalue weighted by Gasteiger charge is -2.16. The number of amides is 1. The zero-order valence-electron chi connectivity index (χ0n) is 13.2. The SMILES string of the molecule is C=CCCC(=O)N1C[C@@H](Cc2ccnc3ccccc23)[C@H](O)C1. The molecular formula is C19H22N2O2. The highest BCUT2D eigenvalue weighted by Gasteiger charge is 2.33. The third-order valence-corrected chi connectivity index (χ3v) is 4.54. The summed E-state index contributed by atoms with van der Waals surface area (Å²) in [7, 11) is 0. The molecule has 23 heavy (non-hydrogen) atoms. The number of carbonyl (C=O) groups excluding carboxylic acids is 1. The molecule has 0 radical (unpaired) electrons. The maximum Gasteiger partial charge on any atom is 0.222 e. The zero-order chi connectivity index (χ0) is 16.2. The third kappa shape index (κ3) is 3.42. The molecule has 2 atom stereocenters. The molecule has 0 bridgehead atoms. The van der Waals surface area contributed by atoms with Gasteiger partial charge in [-0.1, -0.05) is 24.3 Å². The minimum absolute atomic E-state index is 0.0773. The fourth-order valence-electron chi connectivity index (χ4n) is 3.26. The number of rotatable bonds is 5. The number of aliphatic hydroxyl groups is 1. The van der Waals surface area contributed by atoms with Crippen molar-refractivity contribution >= 4 is 16.8 Å². The van der Waals surface area contributed by atoms with Gasteiger partial charge >= 0.3 is 0 Å². The molecule has 2 heterocycles. The molecule has 4 nitrogen and oxygen atoms in total. The van der Waals surface area contributed by atoms with E-state index in [1.165, 1.54) is 5.56 Å². The zero-order valence-corrected chi connectivity index (χ0v) is 13.2. The van der Waals surface area contributed by atoms with E-state index in [1.54, 1.807) is 11.0 Å². The average Bonchev–Trinajstić information content (AvgIpc) is 2.94. The van der Waals surface area contributed by atoms with Crippen LogP contribution in [0.15, 0.2) is 49.2 Å². The summed E-state index contributed by atoms with van der Waals surface area (Å²) in [5.74, 6) is 0.180. The number of aliphatic hydroxyl groups excluding tert-OH is 1. The van der Waals surface area contributed by atoms with E-state index in [4.69, 9.17) is 0 Å². The van der Waals surface area contributed by atoms with Crippen LogP contribution in [0.25, 0.3) is 10.9 Å². The summed E-state index contributed by atoms with van der Waals surface area (Å²) in [6.07, 6.45) is 5.02. The molecule has 1 fully saturated rings. The number of carbonyl (C=O) groups is 1. The van der Waals surface area contributed by atoms with E-state index in [-0.39, 0.29) is 11.8 Å². The number of fused-ring (bicyclic) bond motifs is 1. The van der Waals surface area contributed by atoms with Crippen molar-refractivity contribution in [3.05, 3.63) is 54.7 Å². The minimum Gasteiger partial charge on any atom is -0.391 e. The van der Waals surface area contributed by atoms with Gasteiger partial charge in [0.1, 0.15) is 0 Å². The average molecular weight is 310 g/mol. The van der Waals surface area contributed by atoms with Gasteiger partial charge in [-0.25, -0.2) is 0 Å².